The third kappa shape index (κ3) is 2.42. The molecule has 0 spiro atoms. The lowest BCUT2D eigenvalue weighted by Crippen LogP contribution is -2.06. The van der Waals surface area contributed by atoms with Gasteiger partial charge in [0.15, 0.2) is 0 Å². The van der Waals surface area contributed by atoms with Crippen LogP contribution < -0.4 is 5.73 Å². The fourth-order valence-corrected chi connectivity index (χ4v) is 2.24. The second-order valence-corrected chi connectivity index (χ2v) is 4.60. The summed E-state index contributed by atoms with van der Waals surface area (Å²) in [6.07, 6.45) is -3.17. The first-order chi connectivity index (χ1) is 9.97. The van der Waals surface area contributed by atoms with Crippen molar-refractivity contribution in [3.63, 3.8) is 0 Å². The van der Waals surface area contributed by atoms with E-state index in [4.69, 9.17) is 5.73 Å². The Hall–Kier alpha value is -2.56. The molecule has 0 aliphatic rings. The molecule has 0 saturated carbocycles. The second kappa shape index (κ2) is 4.77. The predicted octanol–water partition coefficient (Wildman–Crippen LogP) is 4.30. The number of nitrogen functional groups attached to an aromatic ring is 1. The maximum atomic E-state index is 13.0. The SMILES string of the molecule is Nc1ccc(-c2[c]cnc3c(C(F)(F)F)cccc23)cc1. The van der Waals surface area contributed by atoms with Gasteiger partial charge in [-0.1, -0.05) is 24.3 Å². The number of alkyl halides is 3. The van der Waals surface area contributed by atoms with Crippen molar-refractivity contribution >= 4 is 16.6 Å². The summed E-state index contributed by atoms with van der Waals surface area (Å²) in [6.45, 7) is 0. The summed E-state index contributed by atoms with van der Waals surface area (Å²) in [6, 6.07) is 13.8. The van der Waals surface area contributed by atoms with Crippen molar-refractivity contribution in [2.45, 2.75) is 6.18 Å². The van der Waals surface area contributed by atoms with Crippen LogP contribution in [0.3, 0.4) is 0 Å². The zero-order valence-electron chi connectivity index (χ0n) is 10.8. The van der Waals surface area contributed by atoms with E-state index in [2.05, 4.69) is 11.1 Å². The van der Waals surface area contributed by atoms with Crippen molar-refractivity contribution in [2.24, 2.45) is 0 Å². The Bertz CT molecular complexity index is 793. The monoisotopic (exact) mass is 287 g/mol. The van der Waals surface area contributed by atoms with Gasteiger partial charge in [-0.2, -0.15) is 13.2 Å². The lowest BCUT2D eigenvalue weighted by atomic mass is 9.99. The van der Waals surface area contributed by atoms with Crippen molar-refractivity contribution < 1.29 is 13.2 Å². The normalized spacial score (nSPS) is 11.8. The summed E-state index contributed by atoms with van der Waals surface area (Å²) in [7, 11) is 0. The number of hydrogen-bond donors (Lipinski definition) is 1. The fourth-order valence-electron chi connectivity index (χ4n) is 2.24. The molecule has 2 aromatic carbocycles. The molecule has 0 bridgehead atoms. The van der Waals surface area contributed by atoms with Crippen molar-refractivity contribution in [1.82, 2.24) is 4.98 Å². The van der Waals surface area contributed by atoms with Gasteiger partial charge in [-0.05, 0) is 23.8 Å². The van der Waals surface area contributed by atoms with E-state index in [1.807, 2.05) is 0 Å². The van der Waals surface area contributed by atoms with Crippen molar-refractivity contribution in [3.05, 3.63) is 60.3 Å². The van der Waals surface area contributed by atoms with Crippen molar-refractivity contribution in [1.29, 1.82) is 0 Å². The Morgan fingerprint density at radius 2 is 1.71 bits per heavy atom. The average Bonchev–Trinajstić information content (AvgIpc) is 2.46. The Labute approximate surface area is 119 Å². The quantitative estimate of drug-likeness (QED) is 0.678. The van der Waals surface area contributed by atoms with Crippen LogP contribution in [-0.2, 0) is 6.18 Å². The van der Waals surface area contributed by atoms with E-state index in [1.165, 1.54) is 12.3 Å². The number of hydrogen-bond acceptors (Lipinski definition) is 2. The van der Waals surface area contributed by atoms with Crippen LogP contribution in [-0.4, -0.2) is 4.98 Å². The van der Waals surface area contributed by atoms with Gasteiger partial charge in [0.2, 0.25) is 0 Å². The maximum absolute atomic E-state index is 13.0. The van der Waals surface area contributed by atoms with Crippen LogP contribution in [0.5, 0.6) is 0 Å². The molecule has 3 rings (SSSR count). The van der Waals surface area contributed by atoms with E-state index in [0.717, 1.165) is 11.6 Å². The molecule has 5 heteroatoms. The van der Waals surface area contributed by atoms with Gasteiger partial charge in [0.25, 0.3) is 0 Å². The van der Waals surface area contributed by atoms with E-state index in [1.54, 1.807) is 30.3 Å². The van der Waals surface area contributed by atoms with Gasteiger partial charge in [-0.3, -0.25) is 4.98 Å². The van der Waals surface area contributed by atoms with Crippen LogP contribution in [0.4, 0.5) is 18.9 Å². The van der Waals surface area contributed by atoms with E-state index in [-0.39, 0.29) is 5.52 Å². The molecule has 0 amide bonds. The van der Waals surface area contributed by atoms with Crippen LogP contribution >= 0.6 is 0 Å². The second-order valence-electron chi connectivity index (χ2n) is 4.60. The molecule has 0 atom stereocenters. The smallest absolute Gasteiger partial charge is 0.399 e. The Kier molecular flexibility index (Phi) is 3.05. The highest BCUT2D eigenvalue weighted by atomic mass is 19.4. The number of para-hydroxylation sites is 1. The number of nitrogens with zero attached hydrogens (tertiary/aromatic N) is 1. The third-order valence-corrected chi connectivity index (χ3v) is 3.21. The average molecular weight is 287 g/mol. The summed E-state index contributed by atoms with van der Waals surface area (Å²) < 4.78 is 39.1. The molecule has 1 heterocycles. The Morgan fingerprint density at radius 1 is 1.00 bits per heavy atom. The highest BCUT2D eigenvalue weighted by Crippen LogP contribution is 2.36. The first-order valence-electron chi connectivity index (χ1n) is 6.19. The molecular weight excluding hydrogens is 277 g/mol. The zero-order chi connectivity index (χ0) is 15.0. The first-order valence-corrected chi connectivity index (χ1v) is 6.19. The molecule has 0 saturated heterocycles. The zero-order valence-corrected chi connectivity index (χ0v) is 10.8. The molecule has 3 aromatic rings. The number of halogens is 3. The minimum Gasteiger partial charge on any atom is -0.399 e. The van der Waals surface area contributed by atoms with Gasteiger partial charge < -0.3 is 5.73 Å². The van der Waals surface area contributed by atoms with E-state index in [9.17, 15) is 13.2 Å². The van der Waals surface area contributed by atoms with Crippen LogP contribution in [0.1, 0.15) is 5.56 Å². The molecule has 0 aliphatic carbocycles. The summed E-state index contributed by atoms with van der Waals surface area (Å²) in [5.74, 6) is 0. The molecule has 2 nitrogen and oxygen atoms in total. The van der Waals surface area contributed by atoms with Crippen LogP contribution in [0.25, 0.3) is 22.0 Å². The predicted molar refractivity (Wildman–Crippen MR) is 75.4 cm³/mol. The first kappa shape index (κ1) is 13.4. The fraction of sp³-hybridized carbons (Fsp3) is 0.0625. The lowest BCUT2D eigenvalue weighted by Gasteiger charge is -2.12. The molecular formula is C16H10F3N2. The van der Waals surface area contributed by atoms with Gasteiger partial charge >= 0.3 is 6.18 Å². The standard InChI is InChI=1S/C16H10F3N2/c17-16(18,19)14-3-1-2-13-12(8-9-21-15(13)14)10-4-6-11(20)7-5-10/h1-7,9H,20H2. The van der Waals surface area contributed by atoms with Gasteiger partial charge in [-0.15, -0.1) is 0 Å². The summed E-state index contributed by atoms with van der Waals surface area (Å²) >= 11 is 0. The van der Waals surface area contributed by atoms with E-state index >= 15 is 0 Å². The molecule has 0 fully saturated rings. The lowest BCUT2D eigenvalue weighted by molar-refractivity contribution is -0.136. The summed E-state index contributed by atoms with van der Waals surface area (Å²) in [5, 5.41) is 0.414. The number of benzene rings is 2. The molecule has 1 aromatic heterocycles. The van der Waals surface area contributed by atoms with E-state index in [0.29, 0.717) is 16.6 Å². The van der Waals surface area contributed by atoms with Crippen molar-refractivity contribution in [3.8, 4) is 11.1 Å². The summed E-state index contributed by atoms with van der Waals surface area (Å²) in [5.41, 5.74) is 6.72. The van der Waals surface area contributed by atoms with Crippen molar-refractivity contribution in [2.75, 3.05) is 5.73 Å². The molecule has 105 valence electrons. The topological polar surface area (TPSA) is 38.9 Å². The Balaban J connectivity index is 2.28. The summed E-state index contributed by atoms with van der Waals surface area (Å²) in [4.78, 5) is 3.85. The third-order valence-electron chi connectivity index (χ3n) is 3.21. The minimum absolute atomic E-state index is 0.0735. The molecule has 1 radical (unpaired) electrons. The highest BCUT2D eigenvalue weighted by molar-refractivity contribution is 5.95. The molecule has 0 aliphatic heterocycles. The number of fused-ring (bicyclic) bond motifs is 1. The molecule has 2 N–H and O–H groups in total. The van der Waals surface area contributed by atoms with Gasteiger partial charge in [0.05, 0.1) is 11.1 Å². The molecule has 21 heavy (non-hydrogen) atoms. The Morgan fingerprint density at radius 3 is 2.38 bits per heavy atom. The maximum Gasteiger partial charge on any atom is 0.418 e. The van der Waals surface area contributed by atoms with Crippen LogP contribution in [0.2, 0.25) is 0 Å². The van der Waals surface area contributed by atoms with Gasteiger partial charge in [0.1, 0.15) is 0 Å². The molecule has 0 unspecified atom stereocenters. The number of anilines is 1. The van der Waals surface area contributed by atoms with E-state index < -0.39 is 11.7 Å². The van der Waals surface area contributed by atoms with Gasteiger partial charge in [-0.25, -0.2) is 0 Å². The highest BCUT2D eigenvalue weighted by Gasteiger charge is 2.33. The largest absolute Gasteiger partial charge is 0.418 e. The minimum atomic E-state index is -4.44. The number of aromatic nitrogens is 1. The number of pyridine rings is 1. The number of rotatable bonds is 1. The number of nitrogens with two attached hydrogens (primary N) is 1. The van der Waals surface area contributed by atoms with Crippen LogP contribution in [0.15, 0.2) is 48.7 Å². The van der Waals surface area contributed by atoms with Crippen LogP contribution in [0, 0.1) is 6.07 Å². The van der Waals surface area contributed by atoms with Gasteiger partial charge in [0, 0.05) is 28.9 Å².